The lowest BCUT2D eigenvalue weighted by atomic mass is 9.96. The first-order valence-corrected chi connectivity index (χ1v) is 7.56. The Morgan fingerprint density at radius 1 is 1.45 bits per heavy atom. The minimum absolute atomic E-state index is 0.0913. The average molecular weight is 303 g/mol. The monoisotopic (exact) mass is 303 g/mol. The zero-order valence-electron chi connectivity index (χ0n) is 13.4. The van der Waals surface area contributed by atoms with Crippen molar-refractivity contribution in [3.8, 4) is 0 Å². The highest BCUT2D eigenvalue weighted by molar-refractivity contribution is 6.06. The van der Waals surface area contributed by atoms with Gasteiger partial charge in [0.1, 0.15) is 0 Å². The third kappa shape index (κ3) is 2.37. The van der Waals surface area contributed by atoms with E-state index in [4.69, 9.17) is 4.52 Å². The second kappa shape index (κ2) is 5.05. The van der Waals surface area contributed by atoms with Gasteiger partial charge < -0.3 is 14.5 Å². The number of hydrogen-bond donors (Lipinski definition) is 1. The minimum Gasteiger partial charge on any atom is -0.388 e. The molecule has 1 atom stereocenters. The van der Waals surface area contributed by atoms with Crippen LogP contribution in [-0.4, -0.2) is 44.2 Å². The standard InChI is InChI=1S/C16H21N3O3/c1-9-8-11(13-10(2)18-22-14(13)17-9)15(20)19-7-5-6-12(19)16(3,4)21/h8,12,21H,5-7H2,1-4H3. The molecule has 3 heterocycles. The highest BCUT2D eigenvalue weighted by atomic mass is 16.5. The number of nitrogens with zero attached hydrogens (tertiary/aromatic N) is 3. The number of likely N-dealkylation sites (tertiary alicyclic amines) is 1. The molecular weight excluding hydrogens is 282 g/mol. The van der Waals surface area contributed by atoms with Gasteiger partial charge >= 0.3 is 0 Å². The van der Waals surface area contributed by atoms with Crippen LogP contribution in [0.15, 0.2) is 10.6 Å². The molecule has 6 heteroatoms. The van der Waals surface area contributed by atoms with E-state index in [1.165, 1.54) is 0 Å². The van der Waals surface area contributed by atoms with E-state index in [-0.39, 0.29) is 11.9 Å². The number of aryl methyl sites for hydroxylation is 2. The molecule has 1 aliphatic heterocycles. The van der Waals surface area contributed by atoms with Gasteiger partial charge in [-0.2, -0.15) is 0 Å². The van der Waals surface area contributed by atoms with Gasteiger partial charge in [-0.05, 0) is 46.6 Å². The normalized spacial score (nSPS) is 19.1. The molecule has 1 saturated heterocycles. The predicted octanol–water partition coefficient (Wildman–Crippen LogP) is 2.22. The van der Waals surface area contributed by atoms with Gasteiger partial charge in [0.2, 0.25) is 0 Å². The van der Waals surface area contributed by atoms with Crippen LogP contribution in [0.1, 0.15) is 48.4 Å². The molecule has 0 saturated carbocycles. The van der Waals surface area contributed by atoms with Gasteiger partial charge in [-0.3, -0.25) is 4.79 Å². The second-order valence-electron chi connectivity index (χ2n) is 6.57. The van der Waals surface area contributed by atoms with Crippen molar-refractivity contribution in [3.63, 3.8) is 0 Å². The summed E-state index contributed by atoms with van der Waals surface area (Å²) in [5, 5.41) is 14.9. The maximum absolute atomic E-state index is 13.0. The van der Waals surface area contributed by atoms with Crippen LogP contribution in [-0.2, 0) is 0 Å². The lowest BCUT2D eigenvalue weighted by Crippen LogP contribution is -2.48. The fourth-order valence-electron chi connectivity index (χ4n) is 3.29. The van der Waals surface area contributed by atoms with Crippen LogP contribution in [0.3, 0.4) is 0 Å². The maximum Gasteiger partial charge on any atom is 0.258 e. The lowest BCUT2D eigenvalue weighted by Gasteiger charge is -2.34. The predicted molar refractivity (Wildman–Crippen MR) is 81.6 cm³/mol. The van der Waals surface area contributed by atoms with Crippen LogP contribution in [0, 0.1) is 13.8 Å². The summed E-state index contributed by atoms with van der Waals surface area (Å²) in [5.41, 5.74) is 1.39. The molecule has 2 aromatic rings. The number of carbonyl (C=O) groups is 1. The zero-order chi connectivity index (χ0) is 16.1. The van der Waals surface area contributed by atoms with Crippen LogP contribution < -0.4 is 0 Å². The Bertz CT molecular complexity index is 730. The summed E-state index contributed by atoms with van der Waals surface area (Å²) in [5.74, 6) is -0.0913. The topological polar surface area (TPSA) is 79.5 Å². The summed E-state index contributed by atoms with van der Waals surface area (Å²) in [6.07, 6.45) is 1.71. The Morgan fingerprint density at radius 3 is 2.86 bits per heavy atom. The molecule has 1 aliphatic rings. The summed E-state index contributed by atoms with van der Waals surface area (Å²) in [7, 11) is 0. The first-order valence-electron chi connectivity index (χ1n) is 7.56. The molecule has 3 rings (SSSR count). The van der Waals surface area contributed by atoms with Crippen LogP contribution in [0.25, 0.3) is 11.1 Å². The molecule has 22 heavy (non-hydrogen) atoms. The van der Waals surface area contributed by atoms with E-state index in [0.717, 1.165) is 12.8 Å². The van der Waals surface area contributed by atoms with Crippen molar-refractivity contribution in [1.82, 2.24) is 15.0 Å². The third-order valence-electron chi connectivity index (χ3n) is 4.30. The van der Waals surface area contributed by atoms with Crippen LogP contribution in [0.4, 0.5) is 0 Å². The fraction of sp³-hybridized carbons (Fsp3) is 0.562. The molecule has 1 amide bonds. The number of aliphatic hydroxyl groups is 1. The summed E-state index contributed by atoms with van der Waals surface area (Å²) in [4.78, 5) is 19.1. The number of fused-ring (bicyclic) bond motifs is 1. The number of amides is 1. The molecule has 1 N–H and O–H groups in total. The van der Waals surface area contributed by atoms with Gasteiger partial charge in [0.05, 0.1) is 28.3 Å². The Hall–Kier alpha value is -1.95. The average Bonchev–Trinajstić information content (AvgIpc) is 3.04. The van der Waals surface area contributed by atoms with E-state index in [9.17, 15) is 9.90 Å². The summed E-state index contributed by atoms with van der Waals surface area (Å²) in [6.45, 7) is 7.78. The first-order chi connectivity index (χ1) is 10.3. The number of pyridine rings is 1. The highest BCUT2D eigenvalue weighted by Gasteiger charge is 2.39. The molecule has 0 radical (unpaired) electrons. The van der Waals surface area contributed by atoms with E-state index in [2.05, 4.69) is 10.1 Å². The van der Waals surface area contributed by atoms with E-state index >= 15 is 0 Å². The van der Waals surface area contributed by atoms with Crippen LogP contribution in [0.2, 0.25) is 0 Å². The molecule has 0 bridgehead atoms. The Kier molecular flexibility index (Phi) is 3.44. The highest BCUT2D eigenvalue weighted by Crippen LogP contribution is 2.30. The van der Waals surface area contributed by atoms with Gasteiger partial charge in [0, 0.05) is 12.2 Å². The molecule has 0 aromatic carbocycles. The third-order valence-corrected chi connectivity index (χ3v) is 4.30. The maximum atomic E-state index is 13.0. The van der Waals surface area contributed by atoms with Gasteiger partial charge in [0.15, 0.2) is 0 Å². The number of rotatable bonds is 2. The zero-order valence-corrected chi connectivity index (χ0v) is 13.4. The fourth-order valence-corrected chi connectivity index (χ4v) is 3.29. The Balaban J connectivity index is 2.07. The molecule has 1 fully saturated rings. The van der Waals surface area contributed by atoms with Crippen molar-refractivity contribution in [3.05, 3.63) is 23.0 Å². The molecule has 1 unspecified atom stereocenters. The Labute approximate surface area is 129 Å². The van der Waals surface area contributed by atoms with E-state index < -0.39 is 5.60 Å². The van der Waals surface area contributed by atoms with Gasteiger partial charge in [0.25, 0.3) is 11.6 Å². The van der Waals surface area contributed by atoms with Crippen molar-refractivity contribution in [2.45, 2.75) is 52.2 Å². The van der Waals surface area contributed by atoms with Crippen LogP contribution in [0.5, 0.6) is 0 Å². The second-order valence-corrected chi connectivity index (χ2v) is 6.57. The molecule has 0 aliphatic carbocycles. The quantitative estimate of drug-likeness (QED) is 0.920. The summed E-state index contributed by atoms with van der Waals surface area (Å²) in [6, 6.07) is 1.60. The smallest absolute Gasteiger partial charge is 0.258 e. The molecule has 2 aromatic heterocycles. The molecule has 118 valence electrons. The molecule has 0 spiro atoms. The minimum atomic E-state index is -0.920. The van der Waals surface area contributed by atoms with Crippen molar-refractivity contribution < 1.29 is 14.4 Å². The lowest BCUT2D eigenvalue weighted by molar-refractivity contribution is 0.000404. The number of carbonyl (C=O) groups excluding carboxylic acids is 1. The van der Waals surface area contributed by atoms with Gasteiger partial charge in [-0.1, -0.05) is 5.16 Å². The number of aromatic nitrogens is 2. The van der Waals surface area contributed by atoms with Gasteiger partial charge in [-0.25, -0.2) is 4.98 Å². The largest absolute Gasteiger partial charge is 0.388 e. The molecule has 6 nitrogen and oxygen atoms in total. The van der Waals surface area contributed by atoms with Gasteiger partial charge in [-0.15, -0.1) is 0 Å². The Morgan fingerprint density at radius 2 is 2.18 bits per heavy atom. The summed E-state index contributed by atoms with van der Waals surface area (Å²) < 4.78 is 5.20. The molecular formula is C16H21N3O3. The van der Waals surface area contributed by atoms with E-state index in [1.807, 2.05) is 6.92 Å². The first kappa shape index (κ1) is 15.0. The van der Waals surface area contributed by atoms with Crippen molar-refractivity contribution in [2.24, 2.45) is 0 Å². The van der Waals surface area contributed by atoms with E-state index in [1.54, 1.807) is 31.7 Å². The van der Waals surface area contributed by atoms with Crippen molar-refractivity contribution in [2.75, 3.05) is 6.54 Å². The SMILES string of the molecule is Cc1cc(C(=O)N2CCCC2C(C)(C)O)c2c(C)noc2n1. The van der Waals surface area contributed by atoms with Crippen LogP contribution >= 0.6 is 0 Å². The summed E-state index contributed by atoms with van der Waals surface area (Å²) >= 11 is 0. The van der Waals surface area contributed by atoms with Crippen molar-refractivity contribution in [1.29, 1.82) is 0 Å². The number of hydrogen-bond acceptors (Lipinski definition) is 5. The van der Waals surface area contributed by atoms with E-state index in [0.29, 0.717) is 34.6 Å². The van der Waals surface area contributed by atoms with Crippen molar-refractivity contribution >= 4 is 17.0 Å².